The van der Waals surface area contributed by atoms with Gasteiger partial charge >= 0.3 is 0 Å². The van der Waals surface area contributed by atoms with Crippen LogP contribution in [0.25, 0.3) is 0 Å². The van der Waals surface area contributed by atoms with Crippen molar-refractivity contribution in [3.05, 3.63) is 0 Å². The average molecular weight is 200 g/mol. The van der Waals surface area contributed by atoms with Gasteiger partial charge in [-0.1, -0.05) is 0 Å². The molecule has 1 amide bonds. The Balaban J connectivity index is 2.21. The molecule has 1 fully saturated rings. The van der Waals surface area contributed by atoms with Crippen LogP contribution in [-0.4, -0.2) is 30.7 Å². The first-order valence-electron chi connectivity index (χ1n) is 5.15. The number of rotatable bonds is 4. The number of nitrogens with two attached hydrogens (primary N) is 1. The molecule has 1 atom stereocenters. The van der Waals surface area contributed by atoms with E-state index >= 15 is 0 Å². The highest BCUT2D eigenvalue weighted by molar-refractivity contribution is 5.73. The molecule has 0 aromatic carbocycles. The number of primary amides is 1. The predicted molar refractivity (Wildman–Crippen MR) is 54.9 cm³/mol. The summed E-state index contributed by atoms with van der Waals surface area (Å²) in [6, 6.07) is 0.457. The molecule has 3 N–H and O–H groups in total. The van der Waals surface area contributed by atoms with Gasteiger partial charge in [0.15, 0.2) is 0 Å². The molecule has 82 valence electrons. The number of carbonyl (C=O) groups is 1. The van der Waals surface area contributed by atoms with Crippen molar-refractivity contribution < 1.29 is 9.53 Å². The molecule has 1 saturated heterocycles. The highest BCUT2D eigenvalue weighted by atomic mass is 16.5. The van der Waals surface area contributed by atoms with E-state index in [9.17, 15) is 4.79 Å². The third-order valence-corrected chi connectivity index (χ3v) is 2.50. The van der Waals surface area contributed by atoms with Crippen molar-refractivity contribution in [2.24, 2.45) is 5.73 Å². The number of hydrogen-bond donors (Lipinski definition) is 2. The van der Waals surface area contributed by atoms with E-state index in [0.29, 0.717) is 19.0 Å². The summed E-state index contributed by atoms with van der Waals surface area (Å²) in [6.45, 7) is 5.65. The first kappa shape index (κ1) is 11.5. The lowest BCUT2D eigenvalue weighted by molar-refractivity contribution is -0.118. The molecule has 1 rings (SSSR count). The predicted octanol–water partition coefficient (Wildman–Crippen LogP) is 0.409. The molecule has 1 aliphatic heterocycles. The molecule has 1 heterocycles. The topological polar surface area (TPSA) is 64.3 Å². The smallest absolute Gasteiger partial charge is 0.218 e. The quantitative estimate of drug-likeness (QED) is 0.691. The minimum Gasteiger partial charge on any atom is -0.375 e. The number of hydrogen-bond acceptors (Lipinski definition) is 3. The van der Waals surface area contributed by atoms with Gasteiger partial charge in [-0.15, -0.1) is 0 Å². The summed E-state index contributed by atoms with van der Waals surface area (Å²) in [5, 5.41) is 3.33. The van der Waals surface area contributed by atoms with E-state index in [2.05, 4.69) is 19.2 Å². The first-order valence-corrected chi connectivity index (χ1v) is 5.15. The summed E-state index contributed by atoms with van der Waals surface area (Å²) < 4.78 is 5.59. The van der Waals surface area contributed by atoms with Gasteiger partial charge in [-0.25, -0.2) is 0 Å². The van der Waals surface area contributed by atoms with E-state index in [1.54, 1.807) is 0 Å². The highest BCUT2D eigenvalue weighted by Crippen LogP contribution is 2.23. The Kier molecular flexibility index (Phi) is 3.89. The van der Waals surface area contributed by atoms with E-state index in [-0.39, 0.29) is 11.5 Å². The summed E-state index contributed by atoms with van der Waals surface area (Å²) >= 11 is 0. The Morgan fingerprint density at radius 1 is 1.64 bits per heavy atom. The lowest BCUT2D eigenvalue weighted by Gasteiger charge is -2.35. The first-order chi connectivity index (χ1) is 6.49. The van der Waals surface area contributed by atoms with Crippen molar-refractivity contribution in [3.63, 3.8) is 0 Å². The maximum Gasteiger partial charge on any atom is 0.218 e. The zero-order chi connectivity index (χ0) is 10.6. The molecule has 0 aliphatic carbocycles. The van der Waals surface area contributed by atoms with Gasteiger partial charge in [0.05, 0.1) is 5.60 Å². The minimum atomic E-state index is -0.246. The third kappa shape index (κ3) is 4.07. The van der Waals surface area contributed by atoms with Crippen LogP contribution in [0.3, 0.4) is 0 Å². The van der Waals surface area contributed by atoms with Crippen LogP contribution in [-0.2, 0) is 9.53 Å². The standard InChI is InChI=1S/C10H20N2O2/c1-10(2)7-8(4-6-14-10)12-5-3-9(11)13/h8,12H,3-7H2,1-2H3,(H2,11,13). The zero-order valence-electron chi connectivity index (χ0n) is 9.01. The second kappa shape index (κ2) is 4.75. The molecular weight excluding hydrogens is 180 g/mol. The molecule has 0 saturated carbocycles. The molecule has 1 unspecified atom stereocenters. The second-order valence-electron chi connectivity index (χ2n) is 4.47. The zero-order valence-corrected chi connectivity index (χ0v) is 9.01. The fourth-order valence-corrected chi connectivity index (χ4v) is 1.81. The van der Waals surface area contributed by atoms with E-state index in [1.165, 1.54) is 0 Å². The van der Waals surface area contributed by atoms with E-state index in [4.69, 9.17) is 10.5 Å². The van der Waals surface area contributed by atoms with Gasteiger partial charge in [-0.05, 0) is 26.7 Å². The van der Waals surface area contributed by atoms with Crippen molar-refractivity contribution in [1.82, 2.24) is 5.32 Å². The van der Waals surface area contributed by atoms with Crippen LogP contribution in [0.15, 0.2) is 0 Å². The number of nitrogens with one attached hydrogen (secondary N) is 1. The third-order valence-electron chi connectivity index (χ3n) is 2.50. The Bertz CT molecular complexity index is 204. The number of carbonyl (C=O) groups excluding carboxylic acids is 1. The molecule has 0 aromatic rings. The maximum absolute atomic E-state index is 10.5. The van der Waals surface area contributed by atoms with Crippen LogP contribution in [0.2, 0.25) is 0 Å². The molecule has 0 spiro atoms. The lowest BCUT2D eigenvalue weighted by atomic mass is 9.94. The molecule has 0 radical (unpaired) electrons. The molecule has 1 aliphatic rings. The van der Waals surface area contributed by atoms with Gasteiger partial charge in [0.1, 0.15) is 0 Å². The summed E-state index contributed by atoms with van der Waals surface area (Å²) in [5.74, 6) is -0.246. The SMILES string of the molecule is CC1(C)CC(NCCC(N)=O)CCO1. The Hall–Kier alpha value is -0.610. The molecule has 4 nitrogen and oxygen atoms in total. The monoisotopic (exact) mass is 200 g/mol. The summed E-state index contributed by atoms with van der Waals surface area (Å²) in [4.78, 5) is 10.5. The summed E-state index contributed by atoms with van der Waals surface area (Å²) in [6.07, 6.45) is 2.42. The van der Waals surface area contributed by atoms with Crippen LogP contribution in [0.5, 0.6) is 0 Å². The fourth-order valence-electron chi connectivity index (χ4n) is 1.81. The molecular formula is C10H20N2O2. The van der Waals surface area contributed by atoms with Crippen LogP contribution >= 0.6 is 0 Å². The van der Waals surface area contributed by atoms with Crippen LogP contribution in [0.4, 0.5) is 0 Å². The van der Waals surface area contributed by atoms with E-state index < -0.39 is 0 Å². The Morgan fingerprint density at radius 3 is 2.93 bits per heavy atom. The van der Waals surface area contributed by atoms with Gasteiger partial charge in [-0.3, -0.25) is 4.79 Å². The Labute approximate surface area is 85.2 Å². The van der Waals surface area contributed by atoms with Crippen LogP contribution < -0.4 is 11.1 Å². The van der Waals surface area contributed by atoms with E-state index in [1.807, 2.05) is 0 Å². The number of amides is 1. The van der Waals surface area contributed by atoms with Gasteiger partial charge in [-0.2, -0.15) is 0 Å². The van der Waals surface area contributed by atoms with Crippen molar-refractivity contribution in [2.45, 2.75) is 44.8 Å². The fraction of sp³-hybridized carbons (Fsp3) is 0.900. The molecule has 0 bridgehead atoms. The van der Waals surface area contributed by atoms with Crippen molar-refractivity contribution in [2.75, 3.05) is 13.2 Å². The van der Waals surface area contributed by atoms with Crippen LogP contribution in [0.1, 0.15) is 33.1 Å². The highest BCUT2D eigenvalue weighted by Gasteiger charge is 2.28. The molecule has 0 aromatic heterocycles. The minimum absolute atomic E-state index is 0.0390. The van der Waals surface area contributed by atoms with Gasteiger partial charge in [0.25, 0.3) is 0 Å². The van der Waals surface area contributed by atoms with Gasteiger partial charge in [0.2, 0.25) is 5.91 Å². The van der Waals surface area contributed by atoms with E-state index in [0.717, 1.165) is 19.4 Å². The Morgan fingerprint density at radius 2 is 2.36 bits per heavy atom. The largest absolute Gasteiger partial charge is 0.375 e. The maximum atomic E-state index is 10.5. The van der Waals surface area contributed by atoms with Gasteiger partial charge < -0.3 is 15.8 Å². The normalized spacial score (nSPS) is 26.0. The number of ether oxygens (including phenoxy) is 1. The van der Waals surface area contributed by atoms with Gasteiger partial charge in [0, 0.05) is 25.6 Å². The second-order valence-corrected chi connectivity index (χ2v) is 4.47. The molecule has 14 heavy (non-hydrogen) atoms. The lowest BCUT2D eigenvalue weighted by Crippen LogP contribution is -2.44. The van der Waals surface area contributed by atoms with Crippen molar-refractivity contribution >= 4 is 5.91 Å². The molecule has 4 heteroatoms. The summed E-state index contributed by atoms with van der Waals surface area (Å²) in [5.41, 5.74) is 5.02. The summed E-state index contributed by atoms with van der Waals surface area (Å²) in [7, 11) is 0. The van der Waals surface area contributed by atoms with Crippen molar-refractivity contribution in [1.29, 1.82) is 0 Å². The van der Waals surface area contributed by atoms with Crippen molar-refractivity contribution in [3.8, 4) is 0 Å². The van der Waals surface area contributed by atoms with Crippen LogP contribution in [0, 0.1) is 0 Å². The average Bonchev–Trinajstić information content (AvgIpc) is 2.01.